The van der Waals surface area contributed by atoms with Crippen molar-refractivity contribution < 1.29 is 19.1 Å². The van der Waals surface area contributed by atoms with Gasteiger partial charge in [0.05, 0.1) is 7.11 Å². The largest absolute Gasteiger partial charge is 0.497 e. The molecule has 0 bridgehead atoms. The second-order valence-electron chi connectivity index (χ2n) is 5.35. The minimum atomic E-state index is -0.279. The van der Waals surface area contributed by atoms with Crippen LogP contribution in [0.4, 0.5) is 5.69 Å². The molecule has 0 aliphatic rings. The van der Waals surface area contributed by atoms with Crippen molar-refractivity contribution in [3.05, 3.63) is 54.1 Å². The molecule has 0 aliphatic heterocycles. The number of ether oxygens (including phenoxy) is 2. The van der Waals surface area contributed by atoms with E-state index < -0.39 is 0 Å². The maximum absolute atomic E-state index is 11.9. The van der Waals surface area contributed by atoms with Gasteiger partial charge in [-0.25, -0.2) is 0 Å². The van der Waals surface area contributed by atoms with Gasteiger partial charge in [0.2, 0.25) is 0 Å². The Hall–Kier alpha value is -3.02. The number of nitrogens with one attached hydrogen (secondary N) is 2. The monoisotopic (exact) mass is 342 g/mol. The van der Waals surface area contributed by atoms with Gasteiger partial charge in [0, 0.05) is 17.8 Å². The van der Waals surface area contributed by atoms with Gasteiger partial charge in [-0.1, -0.05) is 6.92 Å². The molecule has 0 spiro atoms. The summed E-state index contributed by atoms with van der Waals surface area (Å²) in [6.07, 6.45) is 0.883. The third-order valence-electron chi connectivity index (χ3n) is 3.40. The molecule has 132 valence electrons. The molecule has 0 unspecified atom stereocenters. The topological polar surface area (TPSA) is 76.7 Å². The molecule has 0 saturated carbocycles. The second kappa shape index (κ2) is 9.32. The van der Waals surface area contributed by atoms with E-state index in [0.29, 0.717) is 23.5 Å². The predicted molar refractivity (Wildman–Crippen MR) is 96.2 cm³/mol. The summed E-state index contributed by atoms with van der Waals surface area (Å²) in [4.78, 5) is 23.7. The standard InChI is InChI=1S/C19H22N2O4/c1-3-12-20-19(23)14-4-6-15(7-5-14)21-18(22)13-25-17-10-8-16(24-2)9-11-17/h4-11H,3,12-13H2,1-2H3,(H,20,23)(H,21,22). The second-order valence-corrected chi connectivity index (χ2v) is 5.35. The third-order valence-corrected chi connectivity index (χ3v) is 3.40. The summed E-state index contributed by atoms with van der Waals surface area (Å²) >= 11 is 0. The van der Waals surface area contributed by atoms with Crippen molar-refractivity contribution >= 4 is 17.5 Å². The van der Waals surface area contributed by atoms with Crippen LogP contribution in [0.15, 0.2) is 48.5 Å². The fraction of sp³-hybridized carbons (Fsp3) is 0.263. The Balaban J connectivity index is 1.82. The summed E-state index contributed by atoms with van der Waals surface area (Å²) in [6.45, 7) is 2.53. The molecule has 25 heavy (non-hydrogen) atoms. The van der Waals surface area contributed by atoms with E-state index in [-0.39, 0.29) is 18.4 Å². The first-order valence-electron chi connectivity index (χ1n) is 8.07. The number of amides is 2. The smallest absolute Gasteiger partial charge is 0.262 e. The van der Waals surface area contributed by atoms with Gasteiger partial charge in [0.15, 0.2) is 6.61 Å². The molecule has 0 saturated heterocycles. The normalized spacial score (nSPS) is 10.0. The highest BCUT2D eigenvalue weighted by atomic mass is 16.5. The van der Waals surface area contributed by atoms with E-state index in [0.717, 1.165) is 12.2 Å². The minimum Gasteiger partial charge on any atom is -0.497 e. The molecular formula is C19H22N2O4. The van der Waals surface area contributed by atoms with Crippen LogP contribution in [0.25, 0.3) is 0 Å². The van der Waals surface area contributed by atoms with Crippen LogP contribution in [0.2, 0.25) is 0 Å². The molecule has 2 rings (SSSR count). The molecule has 0 radical (unpaired) electrons. The Morgan fingerprint density at radius 2 is 1.60 bits per heavy atom. The SMILES string of the molecule is CCCNC(=O)c1ccc(NC(=O)COc2ccc(OC)cc2)cc1. The highest BCUT2D eigenvalue weighted by Crippen LogP contribution is 2.17. The molecule has 2 amide bonds. The van der Waals surface area contributed by atoms with Gasteiger partial charge in [0.25, 0.3) is 11.8 Å². The van der Waals surface area contributed by atoms with Gasteiger partial charge in [0.1, 0.15) is 11.5 Å². The molecule has 2 N–H and O–H groups in total. The van der Waals surface area contributed by atoms with Gasteiger partial charge >= 0.3 is 0 Å². The van der Waals surface area contributed by atoms with Crippen molar-refractivity contribution in [2.45, 2.75) is 13.3 Å². The molecule has 0 atom stereocenters. The van der Waals surface area contributed by atoms with Crippen LogP contribution in [0.1, 0.15) is 23.7 Å². The number of carbonyl (C=O) groups is 2. The lowest BCUT2D eigenvalue weighted by Crippen LogP contribution is -2.24. The molecule has 0 fully saturated rings. The van der Waals surface area contributed by atoms with E-state index in [9.17, 15) is 9.59 Å². The molecule has 6 heteroatoms. The zero-order valence-electron chi connectivity index (χ0n) is 14.4. The summed E-state index contributed by atoms with van der Waals surface area (Å²) in [7, 11) is 1.59. The van der Waals surface area contributed by atoms with Gasteiger partial charge in [-0.3, -0.25) is 9.59 Å². The van der Waals surface area contributed by atoms with Crippen LogP contribution in [0, 0.1) is 0 Å². The van der Waals surface area contributed by atoms with E-state index >= 15 is 0 Å². The van der Waals surface area contributed by atoms with Gasteiger partial charge < -0.3 is 20.1 Å². The van der Waals surface area contributed by atoms with Gasteiger partial charge in [-0.2, -0.15) is 0 Å². The summed E-state index contributed by atoms with van der Waals surface area (Å²) < 4.78 is 10.5. The fourth-order valence-corrected chi connectivity index (χ4v) is 2.06. The van der Waals surface area contributed by atoms with Crippen molar-refractivity contribution in [2.75, 3.05) is 25.6 Å². The number of hydrogen-bond donors (Lipinski definition) is 2. The summed E-state index contributed by atoms with van der Waals surface area (Å²) in [5, 5.41) is 5.52. The number of rotatable bonds is 8. The first-order valence-corrected chi connectivity index (χ1v) is 8.07. The lowest BCUT2D eigenvalue weighted by molar-refractivity contribution is -0.118. The maximum Gasteiger partial charge on any atom is 0.262 e. The van der Waals surface area contributed by atoms with Crippen molar-refractivity contribution in [2.24, 2.45) is 0 Å². The number of methoxy groups -OCH3 is 1. The number of benzene rings is 2. The fourth-order valence-electron chi connectivity index (χ4n) is 2.06. The zero-order valence-corrected chi connectivity index (χ0v) is 14.4. The zero-order chi connectivity index (χ0) is 18.1. The van der Waals surface area contributed by atoms with Crippen molar-refractivity contribution in [1.29, 1.82) is 0 Å². The van der Waals surface area contributed by atoms with E-state index in [4.69, 9.17) is 9.47 Å². The maximum atomic E-state index is 11.9. The number of hydrogen-bond acceptors (Lipinski definition) is 4. The first-order chi connectivity index (χ1) is 12.1. The average molecular weight is 342 g/mol. The van der Waals surface area contributed by atoms with Crippen LogP contribution >= 0.6 is 0 Å². The lowest BCUT2D eigenvalue weighted by atomic mass is 10.2. The van der Waals surface area contributed by atoms with Crippen molar-refractivity contribution in [3.63, 3.8) is 0 Å². The van der Waals surface area contributed by atoms with Crippen LogP contribution in [0.5, 0.6) is 11.5 Å². The first kappa shape index (κ1) is 18.3. The molecule has 6 nitrogen and oxygen atoms in total. The molecule has 0 aromatic heterocycles. The predicted octanol–water partition coefficient (Wildman–Crippen LogP) is 2.85. The Kier molecular flexibility index (Phi) is 6.83. The number of anilines is 1. The highest BCUT2D eigenvalue weighted by molar-refractivity contribution is 5.96. The Morgan fingerprint density at radius 1 is 0.960 bits per heavy atom. The molecule has 2 aromatic carbocycles. The Morgan fingerprint density at radius 3 is 2.20 bits per heavy atom. The molecule has 0 aliphatic carbocycles. The highest BCUT2D eigenvalue weighted by Gasteiger charge is 2.07. The molecule has 2 aromatic rings. The van der Waals surface area contributed by atoms with Gasteiger partial charge in [-0.05, 0) is 55.0 Å². The van der Waals surface area contributed by atoms with Gasteiger partial charge in [-0.15, -0.1) is 0 Å². The molecular weight excluding hydrogens is 320 g/mol. The van der Waals surface area contributed by atoms with E-state index in [1.54, 1.807) is 55.6 Å². The summed E-state index contributed by atoms with van der Waals surface area (Å²) in [5.74, 6) is 0.903. The van der Waals surface area contributed by atoms with Crippen molar-refractivity contribution in [3.8, 4) is 11.5 Å². The Labute approximate surface area is 147 Å². The van der Waals surface area contributed by atoms with Crippen LogP contribution < -0.4 is 20.1 Å². The van der Waals surface area contributed by atoms with Crippen LogP contribution in [0.3, 0.4) is 0 Å². The molecule has 0 heterocycles. The summed E-state index contributed by atoms with van der Waals surface area (Å²) in [5.41, 5.74) is 1.16. The van der Waals surface area contributed by atoms with Crippen LogP contribution in [-0.4, -0.2) is 32.1 Å². The van der Waals surface area contributed by atoms with E-state index in [1.165, 1.54) is 0 Å². The number of carbonyl (C=O) groups excluding carboxylic acids is 2. The van der Waals surface area contributed by atoms with E-state index in [1.807, 2.05) is 6.92 Å². The summed E-state index contributed by atoms with van der Waals surface area (Å²) in [6, 6.07) is 13.7. The van der Waals surface area contributed by atoms with E-state index in [2.05, 4.69) is 10.6 Å². The average Bonchev–Trinajstić information content (AvgIpc) is 2.65. The van der Waals surface area contributed by atoms with Crippen molar-refractivity contribution in [1.82, 2.24) is 5.32 Å². The quantitative estimate of drug-likeness (QED) is 0.773. The minimum absolute atomic E-state index is 0.106. The van der Waals surface area contributed by atoms with Crippen LogP contribution in [-0.2, 0) is 4.79 Å². The third kappa shape index (κ3) is 5.84. The Bertz CT molecular complexity index is 696. The lowest BCUT2D eigenvalue weighted by Gasteiger charge is -2.09.